The molecule has 1 atom stereocenters. The molecule has 0 unspecified atom stereocenters. The molecule has 6 nitrogen and oxygen atoms in total. The number of rotatable bonds is 6. The summed E-state index contributed by atoms with van der Waals surface area (Å²) in [5, 5.41) is 0. The molecule has 0 amide bonds. The van der Waals surface area contributed by atoms with Crippen LogP contribution in [0.3, 0.4) is 0 Å². The van der Waals surface area contributed by atoms with E-state index in [0.29, 0.717) is 27.4 Å². The Morgan fingerprint density at radius 2 is 1.87 bits per heavy atom. The number of ether oxygens (including phenoxy) is 3. The maximum atomic E-state index is 14.0. The maximum absolute atomic E-state index is 14.0. The fourth-order valence-electron chi connectivity index (χ4n) is 5.33. The van der Waals surface area contributed by atoms with Gasteiger partial charge in [0, 0.05) is 5.56 Å². The molecule has 0 saturated carbocycles. The predicted molar refractivity (Wildman–Crippen MR) is 150 cm³/mol. The Hall–Kier alpha value is -4.10. The number of thiazole rings is 1. The zero-order valence-electron chi connectivity index (χ0n) is 21.6. The van der Waals surface area contributed by atoms with Crippen molar-refractivity contribution < 1.29 is 14.2 Å². The molecule has 0 bridgehead atoms. The first-order chi connectivity index (χ1) is 18.6. The predicted octanol–water partition coefficient (Wildman–Crippen LogP) is 4.73. The van der Waals surface area contributed by atoms with Gasteiger partial charge in [0.1, 0.15) is 5.75 Å². The molecule has 0 fully saturated rings. The Kier molecular flexibility index (Phi) is 6.37. The van der Waals surface area contributed by atoms with E-state index in [9.17, 15) is 4.79 Å². The van der Waals surface area contributed by atoms with Crippen molar-refractivity contribution in [3.8, 4) is 17.2 Å². The lowest BCUT2D eigenvalue weighted by atomic mass is 9.83. The summed E-state index contributed by atoms with van der Waals surface area (Å²) in [4.78, 5) is 19.8. The third-order valence-corrected chi connectivity index (χ3v) is 8.05. The number of aromatic nitrogens is 1. The van der Waals surface area contributed by atoms with Crippen LogP contribution in [0, 0.1) is 0 Å². The number of hydrogen-bond donors (Lipinski definition) is 0. The second kappa shape index (κ2) is 9.99. The summed E-state index contributed by atoms with van der Waals surface area (Å²) >= 11 is 1.41. The van der Waals surface area contributed by atoms with Crippen molar-refractivity contribution in [1.29, 1.82) is 0 Å². The Morgan fingerprint density at radius 1 is 1.00 bits per heavy atom. The van der Waals surface area contributed by atoms with Crippen LogP contribution in [-0.4, -0.2) is 25.4 Å². The molecule has 192 valence electrons. The van der Waals surface area contributed by atoms with Gasteiger partial charge in [-0.15, -0.1) is 0 Å². The molecule has 6 rings (SSSR count). The van der Waals surface area contributed by atoms with Crippen LogP contribution in [0.1, 0.15) is 41.6 Å². The summed E-state index contributed by atoms with van der Waals surface area (Å²) < 4.78 is 19.2. The molecular formula is C31H28N2O4S. The number of methoxy groups -OCH3 is 2. The van der Waals surface area contributed by atoms with Gasteiger partial charge in [-0.25, -0.2) is 4.99 Å². The quantitative estimate of drug-likeness (QED) is 0.366. The van der Waals surface area contributed by atoms with Gasteiger partial charge in [-0.2, -0.15) is 0 Å². The summed E-state index contributed by atoms with van der Waals surface area (Å²) in [5.41, 5.74) is 6.41. The third kappa shape index (κ3) is 4.13. The number of allylic oxidation sites excluding steroid dienone is 1. The van der Waals surface area contributed by atoms with Crippen molar-refractivity contribution in [3.05, 3.63) is 114 Å². The van der Waals surface area contributed by atoms with E-state index in [0.717, 1.165) is 41.0 Å². The van der Waals surface area contributed by atoms with E-state index in [2.05, 4.69) is 30.3 Å². The molecule has 7 heteroatoms. The van der Waals surface area contributed by atoms with Crippen molar-refractivity contribution in [2.45, 2.75) is 25.8 Å². The molecule has 4 aromatic rings. The number of nitrogens with zero attached hydrogens (tertiary/aromatic N) is 2. The molecule has 0 spiro atoms. The Labute approximate surface area is 224 Å². The first kappa shape index (κ1) is 24.2. The third-order valence-electron chi connectivity index (χ3n) is 7.07. The maximum Gasteiger partial charge on any atom is 0.271 e. The zero-order chi connectivity index (χ0) is 26.2. The molecule has 1 aliphatic heterocycles. The lowest BCUT2D eigenvalue weighted by Crippen LogP contribution is -2.38. The fraction of sp³-hybridized carbons (Fsp3) is 0.226. The first-order valence-corrected chi connectivity index (χ1v) is 13.5. The van der Waals surface area contributed by atoms with Gasteiger partial charge < -0.3 is 14.2 Å². The van der Waals surface area contributed by atoms with Crippen molar-refractivity contribution in [3.63, 3.8) is 0 Å². The highest BCUT2D eigenvalue weighted by Gasteiger charge is 2.32. The van der Waals surface area contributed by atoms with Gasteiger partial charge in [0.25, 0.3) is 5.56 Å². The van der Waals surface area contributed by atoms with Gasteiger partial charge in [-0.3, -0.25) is 9.36 Å². The summed E-state index contributed by atoms with van der Waals surface area (Å²) in [6.45, 7) is 2.48. The fourth-order valence-corrected chi connectivity index (χ4v) is 6.34. The number of benzene rings is 3. The topological polar surface area (TPSA) is 62.0 Å². The molecule has 0 saturated heterocycles. The van der Waals surface area contributed by atoms with Crippen LogP contribution in [-0.2, 0) is 6.42 Å². The van der Waals surface area contributed by atoms with Gasteiger partial charge in [-0.1, -0.05) is 53.8 Å². The monoisotopic (exact) mass is 524 g/mol. The number of fused-ring (bicyclic) bond motifs is 3. The van der Waals surface area contributed by atoms with Crippen molar-refractivity contribution in [2.75, 3.05) is 20.8 Å². The van der Waals surface area contributed by atoms with E-state index >= 15 is 0 Å². The van der Waals surface area contributed by atoms with Crippen molar-refractivity contribution in [1.82, 2.24) is 4.57 Å². The largest absolute Gasteiger partial charge is 0.497 e. The molecule has 2 aliphatic rings. The molecule has 3 aromatic carbocycles. The van der Waals surface area contributed by atoms with E-state index in [4.69, 9.17) is 19.2 Å². The van der Waals surface area contributed by atoms with Crippen LogP contribution in [0.4, 0.5) is 0 Å². The van der Waals surface area contributed by atoms with Gasteiger partial charge in [0.2, 0.25) is 0 Å². The highest BCUT2D eigenvalue weighted by Crippen LogP contribution is 2.41. The van der Waals surface area contributed by atoms with Crippen LogP contribution in [0.2, 0.25) is 0 Å². The molecule has 2 heterocycles. The molecular weight excluding hydrogens is 496 g/mol. The molecule has 1 aromatic heterocycles. The molecule has 0 N–H and O–H groups in total. The SMILES string of the molecule is CCOc1ccc(/C=c2\sc3n(c2=O)[C@@H](c2cccc(OC)c2)C2=C(N=3)c3ccccc3CC2)cc1OC. The minimum absolute atomic E-state index is 0.0557. The van der Waals surface area contributed by atoms with Crippen LogP contribution < -0.4 is 29.1 Å². The number of aryl methyl sites for hydroxylation is 1. The average Bonchev–Trinajstić information content (AvgIpc) is 3.26. The molecule has 38 heavy (non-hydrogen) atoms. The van der Waals surface area contributed by atoms with E-state index in [1.165, 1.54) is 22.5 Å². The van der Waals surface area contributed by atoms with Crippen LogP contribution in [0.25, 0.3) is 11.8 Å². The summed E-state index contributed by atoms with van der Waals surface area (Å²) in [5.74, 6) is 2.08. The molecule has 0 radical (unpaired) electrons. The second-order valence-corrected chi connectivity index (χ2v) is 10.2. The van der Waals surface area contributed by atoms with Crippen LogP contribution in [0.5, 0.6) is 17.2 Å². The summed E-state index contributed by atoms with van der Waals surface area (Å²) in [6, 6.07) is 21.9. The van der Waals surface area contributed by atoms with Crippen LogP contribution >= 0.6 is 11.3 Å². The smallest absolute Gasteiger partial charge is 0.271 e. The lowest BCUT2D eigenvalue weighted by molar-refractivity contribution is 0.311. The molecule has 1 aliphatic carbocycles. The summed E-state index contributed by atoms with van der Waals surface area (Å²) in [6.07, 6.45) is 3.67. The van der Waals surface area contributed by atoms with Gasteiger partial charge in [-0.05, 0) is 72.4 Å². The Morgan fingerprint density at radius 3 is 2.68 bits per heavy atom. The van der Waals surface area contributed by atoms with E-state index < -0.39 is 0 Å². The average molecular weight is 525 g/mol. The van der Waals surface area contributed by atoms with Gasteiger partial charge in [0.05, 0.1) is 37.1 Å². The minimum Gasteiger partial charge on any atom is -0.497 e. The normalized spacial score (nSPS) is 16.3. The van der Waals surface area contributed by atoms with E-state index in [-0.39, 0.29) is 11.6 Å². The first-order valence-electron chi connectivity index (χ1n) is 12.7. The number of hydrogen-bond acceptors (Lipinski definition) is 6. The van der Waals surface area contributed by atoms with Crippen molar-refractivity contribution >= 4 is 23.1 Å². The summed E-state index contributed by atoms with van der Waals surface area (Å²) in [7, 11) is 3.28. The lowest BCUT2D eigenvalue weighted by Gasteiger charge is -2.31. The Balaban J connectivity index is 1.56. The highest BCUT2D eigenvalue weighted by atomic mass is 32.1. The van der Waals surface area contributed by atoms with Crippen LogP contribution in [0.15, 0.2) is 82.1 Å². The minimum atomic E-state index is -0.248. The van der Waals surface area contributed by atoms with E-state index in [1.54, 1.807) is 14.2 Å². The Bertz CT molecular complexity index is 1750. The van der Waals surface area contributed by atoms with E-state index in [1.807, 2.05) is 54.0 Å². The standard InChI is InChI=1S/C31H28N2O4S/c1-4-37-25-15-12-19(16-26(25)36-3)17-27-30(34)33-29(21-9-7-10-22(18-21)35-2)24-14-13-20-8-5-6-11-23(20)28(24)32-31(33)38-27/h5-12,15-18,29H,4,13-14H2,1-3H3/b27-17-/t29-/m0/s1. The van der Waals surface area contributed by atoms with Gasteiger partial charge >= 0.3 is 0 Å². The van der Waals surface area contributed by atoms with Crippen molar-refractivity contribution in [2.24, 2.45) is 4.99 Å². The second-order valence-electron chi connectivity index (χ2n) is 9.23. The zero-order valence-corrected chi connectivity index (χ0v) is 22.4. The highest BCUT2D eigenvalue weighted by molar-refractivity contribution is 7.07. The van der Waals surface area contributed by atoms with Gasteiger partial charge in [0.15, 0.2) is 16.3 Å².